The molecule has 2 aromatic rings. The van der Waals surface area contributed by atoms with E-state index in [0.29, 0.717) is 23.2 Å². The Bertz CT molecular complexity index is 608. The maximum Gasteiger partial charge on any atom is 0.258 e. The molecule has 3 rings (SSSR count). The van der Waals surface area contributed by atoms with E-state index in [9.17, 15) is 4.79 Å². The summed E-state index contributed by atoms with van der Waals surface area (Å²) < 4.78 is 4.06. The summed E-state index contributed by atoms with van der Waals surface area (Å²) in [7, 11) is 0. The Morgan fingerprint density at radius 3 is 2.85 bits per heavy atom. The van der Waals surface area contributed by atoms with Gasteiger partial charge in [-0.25, -0.2) is 0 Å². The molecule has 2 aromatic heterocycles. The van der Waals surface area contributed by atoms with Crippen LogP contribution >= 0.6 is 11.5 Å². The van der Waals surface area contributed by atoms with Gasteiger partial charge in [0.2, 0.25) is 0 Å². The Balaban J connectivity index is 1.71. The zero-order chi connectivity index (χ0) is 13.9. The number of rotatable bonds is 5. The van der Waals surface area contributed by atoms with Crippen molar-refractivity contribution in [3.8, 4) is 0 Å². The molecule has 1 aliphatic carbocycles. The fraction of sp³-hybridized carbons (Fsp3) is 0.308. The summed E-state index contributed by atoms with van der Waals surface area (Å²) in [5.41, 5.74) is 7.33. The molecule has 0 spiro atoms. The first-order valence-electron chi connectivity index (χ1n) is 6.43. The van der Waals surface area contributed by atoms with Crippen molar-refractivity contribution in [1.82, 2.24) is 14.7 Å². The van der Waals surface area contributed by atoms with Gasteiger partial charge in [0.25, 0.3) is 5.91 Å². The number of nitrogens with two attached hydrogens (primary N) is 1. The van der Waals surface area contributed by atoms with E-state index in [1.807, 2.05) is 12.1 Å². The molecule has 0 saturated heterocycles. The zero-order valence-corrected chi connectivity index (χ0v) is 11.6. The molecule has 2 heterocycles. The lowest BCUT2D eigenvalue weighted by Crippen LogP contribution is -2.26. The number of carbonyl (C=O) groups is 1. The zero-order valence-electron chi connectivity index (χ0n) is 10.8. The SMILES string of the molecule is Nc1nsc(NCc2ccncc2)c1C(=O)NC1CC1. The van der Waals surface area contributed by atoms with Crippen molar-refractivity contribution in [2.45, 2.75) is 25.4 Å². The van der Waals surface area contributed by atoms with E-state index in [4.69, 9.17) is 5.73 Å². The van der Waals surface area contributed by atoms with Crippen LogP contribution in [0.15, 0.2) is 24.5 Å². The van der Waals surface area contributed by atoms with Crippen molar-refractivity contribution in [3.05, 3.63) is 35.7 Å². The van der Waals surface area contributed by atoms with Gasteiger partial charge in [-0.2, -0.15) is 4.37 Å². The third-order valence-corrected chi connectivity index (χ3v) is 3.88. The Hall–Kier alpha value is -2.15. The highest BCUT2D eigenvalue weighted by Crippen LogP contribution is 2.28. The molecule has 0 aliphatic heterocycles. The summed E-state index contributed by atoms with van der Waals surface area (Å²) in [5, 5.41) is 6.85. The second-order valence-electron chi connectivity index (χ2n) is 4.73. The van der Waals surface area contributed by atoms with E-state index >= 15 is 0 Å². The second-order valence-corrected chi connectivity index (χ2v) is 5.50. The Labute approximate surface area is 120 Å². The molecular weight excluding hydrogens is 274 g/mol. The average Bonchev–Trinajstić information content (AvgIpc) is 3.19. The van der Waals surface area contributed by atoms with Crippen molar-refractivity contribution >= 4 is 28.3 Å². The van der Waals surface area contributed by atoms with Crippen molar-refractivity contribution in [2.24, 2.45) is 0 Å². The van der Waals surface area contributed by atoms with Crippen molar-refractivity contribution in [3.63, 3.8) is 0 Å². The second kappa shape index (κ2) is 5.46. The van der Waals surface area contributed by atoms with Gasteiger partial charge in [-0.1, -0.05) is 0 Å². The minimum Gasteiger partial charge on any atom is -0.382 e. The van der Waals surface area contributed by atoms with E-state index in [0.717, 1.165) is 18.4 Å². The fourth-order valence-corrected chi connectivity index (χ4v) is 2.52. The van der Waals surface area contributed by atoms with Gasteiger partial charge in [0, 0.05) is 25.0 Å². The van der Waals surface area contributed by atoms with Crippen molar-refractivity contribution < 1.29 is 4.79 Å². The minimum absolute atomic E-state index is 0.143. The topological polar surface area (TPSA) is 92.9 Å². The molecule has 0 radical (unpaired) electrons. The first-order chi connectivity index (χ1) is 9.74. The van der Waals surface area contributed by atoms with Gasteiger partial charge in [0.15, 0.2) is 5.82 Å². The summed E-state index contributed by atoms with van der Waals surface area (Å²) in [6.45, 7) is 0.605. The number of nitrogen functional groups attached to an aromatic ring is 1. The molecule has 4 N–H and O–H groups in total. The summed E-state index contributed by atoms with van der Waals surface area (Å²) >= 11 is 1.21. The van der Waals surface area contributed by atoms with E-state index in [1.54, 1.807) is 12.4 Å². The monoisotopic (exact) mass is 289 g/mol. The highest BCUT2D eigenvalue weighted by Gasteiger charge is 2.27. The number of nitrogens with zero attached hydrogens (tertiary/aromatic N) is 2. The van der Waals surface area contributed by atoms with Crippen LogP contribution < -0.4 is 16.4 Å². The number of hydrogen-bond donors (Lipinski definition) is 3. The molecule has 20 heavy (non-hydrogen) atoms. The molecule has 7 heteroatoms. The normalized spacial score (nSPS) is 14.0. The maximum atomic E-state index is 12.1. The number of nitrogens with one attached hydrogen (secondary N) is 2. The number of pyridine rings is 1. The Morgan fingerprint density at radius 2 is 2.15 bits per heavy atom. The predicted molar refractivity (Wildman–Crippen MR) is 78.6 cm³/mol. The van der Waals surface area contributed by atoms with Gasteiger partial charge < -0.3 is 16.4 Å². The summed E-state index contributed by atoms with van der Waals surface area (Å²) in [4.78, 5) is 16.1. The molecule has 0 unspecified atom stereocenters. The number of anilines is 2. The van der Waals surface area contributed by atoms with Crippen molar-refractivity contribution in [1.29, 1.82) is 0 Å². The summed E-state index contributed by atoms with van der Waals surface area (Å²) in [6.07, 6.45) is 5.56. The highest BCUT2D eigenvalue weighted by molar-refractivity contribution is 7.11. The molecule has 0 bridgehead atoms. The molecule has 0 aromatic carbocycles. The van der Waals surface area contributed by atoms with E-state index < -0.39 is 0 Å². The predicted octanol–water partition coefficient (Wildman–Crippen LogP) is 1.62. The standard InChI is InChI=1S/C13H15N5OS/c14-11-10(12(19)17-9-1-2-9)13(20-18-11)16-7-8-3-5-15-6-4-8/h3-6,9,16H,1-2,7H2,(H2,14,18)(H,17,19). The van der Waals surface area contributed by atoms with Gasteiger partial charge >= 0.3 is 0 Å². The van der Waals surface area contributed by atoms with Crippen LogP contribution in [0.3, 0.4) is 0 Å². The average molecular weight is 289 g/mol. The van der Waals surface area contributed by atoms with E-state index in [-0.39, 0.29) is 11.7 Å². The number of aromatic nitrogens is 2. The third-order valence-electron chi connectivity index (χ3n) is 3.06. The van der Waals surface area contributed by atoms with Gasteiger partial charge in [-0.05, 0) is 42.1 Å². The number of amides is 1. The lowest BCUT2D eigenvalue weighted by atomic mass is 10.2. The molecule has 0 atom stereocenters. The molecular formula is C13H15N5OS. The maximum absolute atomic E-state index is 12.1. The van der Waals surface area contributed by atoms with E-state index in [2.05, 4.69) is 20.0 Å². The van der Waals surface area contributed by atoms with E-state index in [1.165, 1.54) is 11.5 Å². The minimum atomic E-state index is -0.143. The Kier molecular flexibility index (Phi) is 3.51. The molecule has 1 aliphatic rings. The fourth-order valence-electron chi connectivity index (χ4n) is 1.81. The van der Waals surface area contributed by atoms with Crippen LogP contribution in [0.25, 0.3) is 0 Å². The van der Waals surface area contributed by atoms with Crippen molar-refractivity contribution in [2.75, 3.05) is 11.1 Å². The van der Waals surface area contributed by atoms with Gasteiger partial charge in [0.1, 0.15) is 10.6 Å². The lowest BCUT2D eigenvalue weighted by Gasteiger charge is -2.07. The van der Waals surface area contributed by atoms with Gasteiger partial charge in [-0.3, -0.25) is 9.78 Å². The molecule has 1 amide bonds. The molecule has 1 saturated carbocycles. The number of hydrogen-bond acceptors (Lipinski definition) is 6. The number of carbonyl (C=O) groups excluding carboxylic acids is 1. The Morgan fingerprint density at radius 1 is 1.40 bits per heavy atom. The van der Waals surface area contributed by atoms with Gasteiger partial charge in [0.05, 0.1) is 0 Å². The first-order valence-corrected chi connectivity index (χ1v) is 7.20. The largest absolute Gasteiger partial charge is 0.382 e. The lowest BCUT2D eigenvalue weighted by molar-refractivity contribution is 0.0953. The third kappa shape index (κ3) is 2.88. The summed E-state index contributed by atoms with van der Waals surface area (Å²) in [6, 6.07) is 4.14. The highest BCUT2D eigenvalue weighted by atomic mass is 32.1. The van der Waals surface area contributed by atoms with Crippen LogP contribution in [0, 0.1) is 0 Å². The molecule has 1 fully saturated rings. The van der Waals surface area contributed by atoms with Gasteiger partial charge in [-0.15, -0.1) is 0 Å². The molecule has 6 nitrogen and oxygen atoms in total. The van der Waals surface area contributed by atoms with Crippen LogP contribution in [0.2, 0.25) is 0 Å². The summed E-state index contributed by atoms with van der Waals surface area (Å²) in [5.74, 6) is 0.140. The van der Waals surface area contributed by atoms with Crippen LogP contribution in [0.1, 0.15) is 28.8 Å². The molecule has 104 valence electrons. The first kappa shape index (κ1) is 12.9. The van der Waals surface area contributed by atoms with Crippen LogP contribution in [0.4, 0.5) is 10.8 Å². The quantitative estimate of drug-likeness (QED) is 0.778. The van der Waals surface area contributed by atoms with Crippen LogP contribution in [-0.2, 0) is 6.54 Å². The van der Waals surface area contributed by atoms with Crippen LogP contribution in [0.5, 0.6) is 0 Å². The van der Waals surface area contributed by atoms with Crippen LogP contribution in [-0.4, -0.2) is 21.3 Å². The smallest absolute Gasteiger partial charge is 0.258 e.